The first-order chi connectivity index (χ1) is 14.3. The van der Waals surface area contributed by atoms with Crippen molar-refractivity contribution in [2.24, 2.45) is 5.73 Å². The molecule has 3 heterocycles. The number of hydrogen-bond donors (Lipinski definition) is 4. The zero-order valence-electron chi connectivity index (χ0n) is 16.3. The number of nitrogens with zero attached hydrogens (tertiary/aromatic N) is 4. The Hall–Kier alpha value is -3.36. The molecule has 0 aliphatic rings. The summed E-state index contributed by atoms with van der Waals surface area (Å²) >= 11 is 0. The second-order valence-electron chi connectivity index (χ2n) is 6.74. The Labute approximate surface area is 169 Å². The fourth-order valence-corrected chi connectivity index (χ4v) is 3.01. The van der Waals surface area contributed by atoms with Gasteiger partial charge < -0.3 is 21.0 Å². The van der Waals surface area contributed by atoms with E-state index in [1.165, 1.54) is 0 Å². The van der Waals surface area contributed by atoms with Crippen LogP contribution in [0.1, 0.15) is 25.0 Å². The van der Waals surface area contributed by atoms with Crippen molar-refractivity contribution in [2.75, 3.05) is 6.54 Å². The molecule has 4 aromatic rings. The highest BCUT2D eigenvalue weighted by Crippen LogP contribution is 2.23. The smallest absolute Gasteiger partial charge is 0.159 e. The summed E-state index contributed by atoms with van der Waals surface area (Å²) in [6, 6.07) is 8.13. The van der Waals surface area contributed by atoms with Gasteiger partial charge in [0.2, 0.25) is 0 Å². The van der Waals surface area contributed by atoms with Crippen LogP contribution < -0.4 is 11.1 Å². The summed E-state index contributed by atoms with van der Waals surface area (Å²) in [5.41, 5.74) is 10.3. The number of nitrogens with two attached hydrogens (primary N) is 1. The molecule has 0 saturated carbocycles. The van der Waals surface area contributed by atoms with Gasteiger partial charge in [0, 0.05) is 23.5 Å². The van der Waals surface area contributed by atoms with Crippen LogP contribution in [0.2, 0.25) is 0 Å². The maximum absolute atomic E-state index is 5.59. The van der Waals surface area contributed by atoms with Gasteiger partial charge in [0.05, 0.1) is 36.9 Å². The number of imidazole rings is 2. The predicted molar refractivity (Wildman–Crippen MR) is 113 cm³/mol. The van der Waals surface area contributed by atoms with Crippen LogP contribution in [0.25, 0.3) is 33.9 Å². The monoisotopic (exact) mass is 388 g/mol. The molecule has 29 heavy (non-hydrogen) atoms. The van der Waals surface area contributed by atoms with E-state index >= 15 is 0 Å². The average molecular weight is 388 g/mol. The lowest BCUT2D eigenvalue weighted by molar-refractivity contribution is 0.655. The van der Waals surface area contributed by atoms with Gasteiger partial charge in [-0.25, -0.2) is 19.9 Å². The first-order valence-electron chi connectivity index (χ1n) is 9.68. The van der Waals surface area contributed by atoms with Gasteiger partial charge in [0.25, 0.3) is 0 Å². The van der Waals surface area contributed by atoms with Gasteiger partial charge in [-0.1, -0.05) is 31.2 Å². The number of benzene rings is 1. The van der Waals surface area contributed by atoms with Crippen molar-refractivity contribution in [3.05, 3.63) is 60.7 Å². The standard InChI is InChI=1S/C21H24N8/c1-2-7-23-13-20-25-11-17(29-20)14-3-5-15(6-4-14)21-26-9-16(10-27-21)18-12-24-19(8-22)28-18/h3-6,9-12,23H,2,7-8,13,22H2,1H3,(H,24,28)(H,25,29). The molecule has 1 aromatic carbocycles. The van der Waals surface area contributed by atoms with Crippen LogP contribution in [0.3, 0.4) is 0 Å². The van der Waals surface area contributed by atoms with Gasteiger partial charge >= 0.3 is 0 Å². The molecule has 8 heteroatoms. The molecular formula is C21H24N8. The van der Waals surface area contributed by atoms with Gasteiger partial charge in [0.15, 0.2) is 5.82 Å². The van der Waals surface area contributed by atoms with Crippen molar-refractivity contribution in [1.29, 1.82) is 0 Å². The summed E-state index contributed by atoms with van der Waals surface area (Å²) in [5.74, 6) is 2.35. The van der Waals surface area contributed by atoms with Gasteiger partial charge in [0.1, 0.15) is 11.6 Å². The molecule has 0 amide bonds. The number of aromatic nitrogens is 6. The third-order valence-electron chi connectivity index (χ3n) is 4.59. The zero-order valence-corrected chi connectivity index (χ0v) is 16.3. The fourth-order valence-electron chi connectivity index (χ4n) is 3.01. The lowest BCUT2D eigenvalue weighted by Gasteiger charge is -2.03. The molecular weight excluding hydrogens is 364 g/mol. The minimum atomic E-state index is 0.373. The van der Waals surface area contributed by atoms with E-state index in [-0.39, 0.29) is 0 Å². The molecule has 0 aliphatic carbocycles. The van der Waals surface area contributed by atoms with Crippen LogP contribution in [-0.4, -0.2) is 36.4 Å². The molecule has 0 saturated heterocycles. The summed E-state index contributed by atoms with van der Waals surface area (Å²) in [5, 5.41) is 3.35. The van der Waals surface area contributed by atoms with Crippen molar-refractivity contribution in [2.45, 2.75) is 26.4 Å². The van der Waals surface area contributed by atoms with E-state index < -0.39 is 0 Å². The molecule has 4 rings (SSSR count). The van der Waals surface area contributed by atoms with E-state index in [9.17, 15) is 0 Å². The van der Waals surface area contributed by atoms with E-state index in [0.29, 0.717) is 12.4 Å². The number of H-pyrrole nitrogens is 2. The van der Waals surface area contributed by atoms with Crippen molar-refractivity contribution < 1.29 is 0 Å². The highest BCUT2D eigenvalue weighted by Gasteiger charge is 2.07. The molecule has 8 nitrogen and oxygen atoms in total. The lowest BCUT2D eigenvalue weighted by atomic mass is 10.1. The highest BCUT2D eigenvalue weighted by molar-refractivity contribution is 5.65. The van der Waals surface area contributed by atoms with E-state index in [1.54, 1.807) is 18.6 Å². The number of nitrogens with one attached hydrogen (secondary N) is 3. The Morgan fingerprint density at radius 2 is 1.41 bits per heavy atom. The maximum atomic E-state index is 5.59. The number of rotatable bonds is 8. The molecule has 0 fully saturated rings. The largest absolute Gasteiger partial charge is 0.341 e. The Morgan fingerprint density at radius 3 is 2.07 bits per heavy atom. The van der Waals surface area contributed by atoms with Crippen LogP contribution >= 0.6 is 0 Å². The van der Waals surface area contributed by atoms with Crippen molar-refractivity contribution in [3.63, 3.8) is 0 Å². The SMILES string of the molecule is CCCNCc1ncc(-c2ccc(-c3ncc(-c4cnc(CN)[nH]4)cn3)cc2)[nH]1. The summed E-state index contributed by atoms with van der Waals surface area (Å²) in [6.07, 6.45) is 8.28. The van der Waals surface area contributed by atoms with Gasteiger partial charge in [-0.05, 0) is 18.5 Å². The third kappa shape index (κ3) is 4.39. The zero-order chi connectivity index (χ0) is 20.1. The molecule has 0 atom stereocenters. The topological polar surface area (TPSA) is 121 Å². The maximum Gasteiger partial charge on any atom is 0.159 e. The van der Waals surface area contributed by atoms with E-state index in [2.05, 4.69) is 42.1 Å². The van der Waals surface area contributed by atoms with Gasteiger partial charge in [-0.3, -0.25) is 0 Å². The lowest BCUT2D eigenvalue weighted by Crippen LogP contribution is -2.14. The van der Waals surface area contributed by atoms with Crippen molar-refractivity contribution in [1.82, 2.24) is 35.2 Å². The highest BCUT2D eigenvalue weighted by atomic mass is 15.0. The van der Waals surface area contributed by atoms with Crippen molar-refractivity contribution in [3.8, 4) is 33.9 Å². The van der Waals surface area contributed by atoms with E-state index in [0.717, 1.165) is 59.2 Å². The molecule has 0 unspecified atom stereocenters. The van der Waals surface area contributed by atoms with Crippen molar-refractivity contribution >= 4 is 0 Å². The Bertz CT molecular complexity index is 1050. The second-order valence-corrected chi connectivity index (χ2v) is 6.74. The second kappa shape index (κ2) is 8.76. The number of hydrogen-bond acceptors (Lipinski definition) is 6. The van der Waals surface area contributed by atoms with E-state index in [4.69, 9.17) is 5.73 Å². The minimum absolute atomic E-state index is 0.373. The Balaban J connectivity index is 1.46. The molecule has 3 aromatic heterocycles. The molecule has 0 radical (unpaired) electrons. The summed E-state index contributed by atoms with van der Waals surface area (Å²) in [7, 11) is 0. The van der Waals surface area contributed by atoms with Gasteiger partial charge in [-0.2, -0.15) is 0 Å². The van der Waals surface area contributed by atoms with Crippen LogP contribution in [0.4, 0.5) is 0 Å². The third-order valence-corrected chi connectivity index (χ3v) is 4.59. The average Bonchev–Trinajstić information content (AvgIpc) is 3.44. The Kier molecular flexibility index (Phi) is 5.73. The van der Waals surface area contributed by atoms with Gasteiger partial charge in [-0.15, -0.1) is 0 Å². The quantitative estimate of drug-likeness (QED) is 0.344. The first-order valence-corrected chi connectivity index (χ1v) is 9.68. The Morgan fingerprint density at radius 1 is 0.793 bits per heavy atom. The van der Waals surface area contributed by atoms with Crippen LogP contribution in [-0.2, 0) is 13.1 Å². The first kappa shape index (κ1) is 19.0. The van der Waals surface area contributed by atoms with Crippen LogP contribution in [0.15, 0.2) is 49.1 Å². The predicted octanol–water partition coefficient (Wildman–Crippen LogP) is 2.88. The molecule has 5 N–H and O–H groups in total. The van der Waals surface area contributed by atoms with Crippen LogP contribution in [0.5, 0.6) is 0 Å². The molecule has 0 spiro atoms. The molecule has 0 bridgehead atoms. The fraction of sp³-hybridized carbons (Fsp3) is 0.238. The van der Waals surface area contributed by atoms with E-state index in [1.807, 2.05) is 30.5 Å². The molecule has 148 valence electrons. The molecule has 0 aliphatic heterocycles. The summed E-state index contributed by atoms with van der Waals surface area (Å²) < 4.78 is 0. The summed E-state index contributed by atoms with van der Waals surface area (Å²) in [4.78, 5) is 24.1. The number of aromatic amines is 2. The summed E-state index contributed by atoms with van der Waals surface area (Å²) in [6.45, 7) is 4.25. The normalized spacial score (nSPS) is 11.1. The minimum Gasteiger partial charge on any atom is -0.341 e. The van der Waals surface area contributed by atoms with Crippen LogP contribution in [0, 0.1) is 0 Å².